The third-order valence-electron chi connectivity index (χ3n) is 7.91. The lowest BCUT2D eigenvalue weighted by atomic mass is 10.1. The van der Waals surface area contributed by atoms with Gasteiger partial charge in [0.1, 0.15) is 12.6 Å². The highest BCUT2D eigenvalue weighted by Gasteiger charge is 2.25. The van der Waals surface area contributed by atoms with E-state index in [2.05, 4.69) is 56.4 Å². The molecule has 0 N–H and O–H groups in total. The first-order valence-corrected chi connectivity index (χ1v) is 19.4. The van der Waals surface area contributed by atoms with Crippen LogP contribution in [0.4, 0.5) is 0 Å². The Morgan fingerprint density at radius 2 is 1.04 bits per heavy atom. The van der Waals surface area contributed by atoms with Crippen molar-refractivity contribution in [3.63, 3.8) is 0 Å². The van der Waals surface area contributed by atoms with Gasteiger partial charge in [-0.1, -0.05) is 143 Å². The predicted octanol–water partition coefficient (Wildman–Crippen LogP) is 8.62. The van der Waals surface area contributed by atoms with Crippen LogP contribution in [-0.2, 0) is 28.6 Å². The van der Waals surface area contributed by atoms with E-state index in [1.54, 1.807) is 21.1 Å². The second-order valence-electron chi connectivity index (χ2n) is 13.6. The van der Waals surface area contributed by atoms with Gasteiger partial charge in [-0.05, 0) is 44.9 Å². The molecule has 0 aromatic heterocycles. The van der Waals surface area contributed by atoms with Gasteiger partial charge in [0.25, 0.3) is 0 Å². The number of carbonyl (C=O) groups is 3. The van der Waals surface area contributed by atoms with Crippen LogP contribution in [0, 0.1) is 0 Å². The summed E-state index contributed by atoms with van der Waals surface area (Å²) in [5.41, 5.74) is 0. The molecule has 0 aromatic carbocycles. The molecule has 0 spiro atoms. The van der Waals surface area contributed by atoms with Gasteiger partial charge in [-0.25, -0.2) is 0 Å². The highest BCUT2D eigenvalue weighted by molar-refractivity contribution is 5.70. The van der Waals surface area contributed by atoms with Crippen LogP contribution in [-0.4, -0.2) is 75.5 Å². The molecule has 0 heterocycles. The Balaban J connectivity index is 4.56. The van der Waals surface area contributed by atoms with Crippen molar-refractivity contribution in [3.05, 3.63) is 97.2 Å². The van der Waals surface area contributed by atoms with Gasteiger partial charge in [0.05, 0.1) is 40.3 Å². The predicted molar refractivity (Wildman–Crippen MR) is 212 cm³/mol. The molecule has 292 valence electrons. The Morgan fingerprint density at radius 1 is 0.577 bits per heavy atom. The smallest absolute Gasteiger partial charge is 0.306 e. The lowest BCUT2D eigenvalue weighted by molar-refractivity contribution is -0.889. The normalized spacial score (nSPS) is 14.1. The minimum absolute atomic E-state index is 0.00101. The van der Waals surface area contributed by atoms with Crippen LogP contribution >= 0.6 is 0 Å². The molecule has 2 atom stereocenters. The number of ether oxygens (including phenoxy) is 3. The number of hydrogen-bond acceptors (Lipinski definition) is 7. The second-order valence-corrected chi connectivity index (χ2v) is 13.6. The van der Waals surface area contributed by atoms with Crippen LogP contribution in [0.1, 0.15) is 110 Å². The van der Waals surface area contributed by atoms with E-state index in [-0.39, 0.29) is 43.1 Å². The van der Waals surface area contributed by atoms with Gasteiger partial charge in [-0.2, -0.15) is 0 Å². The number of aliphatic carboxylic acids is 1. The lowest BCUT2D eigenvalue weighted by Gasteiger charge is -2.34. The highest BCUT2D eigenvalue weighted by Crippen LogP contribution is 2.12. The van der Waals surface area contributed by atoms with E-state index in [9.17, 15) is 19.5 Å². The number of esters is 2. The summed E-state index contributed by atoms with van der Waals surface area (Å²) in [6.07, 6.45) is 44.4. The van der Waals surface area contributed by atoms with Gasteiger partial charge in [-0.15, -0.1) is 0 Å². The minimum atomic E-state index is -1.14. The summed E-state index contributed by atoms with van der Waals surface area (Å²) in [6, 6.07) is -0.745. The molecule has 0 amide bonds. The number of quaternary nitrogens is 1. The summed E-state index contributed by atoms with van der Waals surface area (Å²) in [6.45, 7) is 4.25. The van der Waals surface area contributed by atoms with Crippen molar-refractivity contribution in [1.82, 2.24) is 0 Å². The highest BCUT2D eigenvalue weighted by atomic mass is 16.6. The van der Waals surface area contributed by atoms with Gasteiger partial charge in [0.15, 0.2) is 6.10 Å². The third-order valence-corrected chi connectivity index (χ3v) is 7.91. The van der Waals surface area contributed by atoms with Crippen LogP contribution in [0.2, 0.25) is 0 Å². The number of unbranched alkanes of at least 4 members (excludes halogenated alkanes) is 8. The Labute approximate surface area is 316 Å². The molecule has 8 heteroatoms. The van der Waals surface area contributed by atoms with Crippen LogP contribution in [0.3, 0.4) is 0 Å². The Bertz CT molecular complexity index is 1170. The van der Waals surface area contributed by atoms with Gasteiger partial charge < -0.3 is 28.6 Å². The van der Waals surface area contributed by atoms with Crippen molar-refractivity contribution < 1.29 is 38.2 Å². The number of nitrogens with zero attached hydrogens (tertiary/aromatic N) is 1. The van der Waals surface area contributed by atoms with E-state index < -0.39 is 24.1 Å². The fourth-order valence-corrected chi connectivity index (χ4v) is 4.92. The van der Waals surface area contributed by atoms with E-state index in [0.29, 0.717) is 19.3 Å². The summed E-state index contributed by atoms with van der Waals surface area (Å²) in [5.74, 6) is -1.87. The Kier molecular flexibility index (Phi) is 31.9. The standard InChI is InChI=1S/C44H69NO7/c1-6-8-10-12-14-16-18-20-21-23-24-26-28-30-32-34-42(46)51-39-40(38-50-37-36-41(44(48)49)45(3,4)5)52-43(47)35-33-31-29-27-25-22-19-17-15-13-11-9-7-2/h8-19,22,25,27,29,40-41H,6-7,20-21,23-24,26,28,30-39H2,1-5H3/b10-8+,11-9+,14-12+,15-13+,18-16+,19-17+,25-22+,29-27+. The fraction of sp³-hybridized carbons (Fsp3) is 0.568. The molecule has 0 radical (unpaired) electrons. The molecule has 0 aromatic rings. The average molecular weight is 724 g/mol. The summed E-state index contributed by atoms with van der Waals surface area (Å²) in [5, 5.41) is 11.6. The van der Waals surface area contributed by atoms with Gasteiger partial charge in [0, 0.05) is 19.3 Å². The molecule has 0 fully saturated rings. The molecule has 0 saturated carbocycles. The summed E-state index contributed by atoms with van der Waals surface area (Å²) in [4.78, 5) is 36.7. The largest absolute Gasteiger partial charge is 0.544 e. The molecule has 0 aliphatic heterocycles. The summed E-state index contributed by atoms with van der Waals surface area (Å²) in [7, 11) is 5.35. The zero-order valence-electron chi connectivity index (χ0n) is 32.9. The van der Waals surface area contributed by atoms with E-state index in [1.807, 2.05) is 54.7 Å². The third kappa shape index (κ3) is 32.2. The lowest BCUT2D eigenvalue weighted by Crippen LogP contribution is -2.55. The van der Waals surface area contributed by atoms with Crippen molar-refractivity contribution in [1.29, 1.82) is 0 Å². The van der Waals surface area contributed by atoms with Crippen molar-refractivity contribution in [2.75, 3.05) is 41.0 Å². The maximum atomic E-state index is 12.6. The molecule has 0 aliphatic carbocycles. The Morgan fingerprint density at radius 3 is 1.56 bits per heavy atom. The van der Waals surface area contributed by atoms with Gasteiger partial charge >= 0.3 is 11.9 Å². The average Bonchev–Trinajstić information content (AvgIpc) is 3.09. The molecule has 52 heavy (non-hydrogen) atoms. The molecule has 0 rings (SSSR count). The van der Waals surface area contributed by atoms with Crippen LogP contribution < -0.4 is 5.11 Å². The van der Waals surface area contributed by atoms with Crippen molar-refractivity contribution in [3.8, 4) is 0 Å². The zero-order valence-corrected chi connectivity index (χ0v) is 32.9. The number of carboxylic acid groups (broad SMARTS) is 1. The van der Waals surface area contributed by atoms with E-state index >= 15 is 0 Å². The number of rotatable bonds is 32. The number of carbonyl (C=O) groups excluding carboxylic acids is 3. The monoisotopic (exact) mass is 724 g/mol. The van der Waals surface area contributed by atoms with Crippen molar-refractivity contribution in [2.24, 2.45) is 0 Å². The van der Waals surface area contributed by atoms with Gasteiger partial charge in [0.2, 0.25) is 0 Å². The first kappa shape index (κ1) is 48.2. The summed E-state index contributed by atoms with van der Waals surface area (Å²) < 4.78 is 17.0. The van der Waals surface area contributed by atoms with E-state index in [0.717, 1.165) is 44.9 Å². The molecule has 0 bridgehead atoms. The van der Waals surface area contributed by atoms with E-state index in [4.69, 9.17) is 14.2 Å². The topological polar surface area (TPSA) is 102 Å². The minimum Gasteiger partial charge on any atom is -0.544 e. The molecule has 0 saturated heterocycles. The summed E-state index contributed by atoms with van der Waals surface area (Å²) >= 11 is 0. The first-order valence-electron chi connectivity index (χ1n) is 19.4. The first-order chi connectivity index (χ1) is 25.1. The quantitative estimate of drug-likeness (QED) is 0.0297. The maximum absolute atomic E-state index is 12.6. The molecular formula is C44H69NO7. The number of allylic oxidation sites excluding steroid dienone is 16. The molecule has 8 nitrogen and oxygen atoms in total. The zero-order chi connectivity index (χ0) is 38.5. The van der Waals surface area contributed by atoms with Crippen LogP contribution in [0.5, 0.6) is 0 Å². The number of carboxylic acids is 1. The molecule has 2 unspecified atom stereocenters. The van der Waals surface area contributed by atoms with Gasteiger partial charge in [-0.3, -0.25) is 9.59 Å². The molecule has 0 aliphatic rings. The van der Waals surface area contributed by atoms with Crippen molar-refractivity contribution >= 4 is 17.9 Å². The van der Waals surface area contributed by atoms with Crippen LogP contribution in [0.15, 0.2) is 97.2 Å². The Hall–Kier alpha value is -3.75. The number of hydrogen-bond donors (Lipinski definition) is 0. The maximum Gasteiger partial charge on any atom is 0.306 e. The van der Waals surface area contributed by atoms with E-state index in [1.165, 1.54) is 19.3 Å². The second kappa shape index (κ2) is 34.3. The SMILES string of the molecule is CC/C=C/C=C/C=C/C=C/C=C/CCCC(=O)OC(COCCC(C(=O)[O-])[N+](C)(C)C)COC(=O)CCCCCCCCC/C=C/C=C/C=C/CC. The van der Waals surface area contributed by atoms with Crippen LogP contribution in [0.25, 0.3) is 0 Å². The molecular weight excluding hydrogens is 654 g/mol. The van der Waals surface area contributed by atoms with Crippen molar-refractivity contribution in [2.45, 2.75) is 122 Å². The number of likely N-dealkylation sites (N-methyl/N-ethyl adjacent to an activating group) is 1. The fourth-order valence-electron chi connectivity index (χ4n) is 4.92.